The van der Waals surface area contributed by atoms with Crippen LogP contribution < -0.4 is 5.32 Å². The fourth-order valence-electron chi connectivity index (χ4n) is 2.08. The van der Waals surface area contributed by atoms with E-state index < -0.39 is 10.8 Å². The average Bonchev–Trinajstić information content (AvgIpc) is 3.05. The van der Waals surface area contributed by atoms with E-state index in [1.54, 1.807) is 25.3 Å². The predicted octanol–water partition coefficient (Wildman–Crippen LogP) is 2.35. The van der Waals surface area contributed by atoms with Gasteiger partial charge in [-0.1, -0.05) is 6.07 Å². The number of benzene rings is 1. The van der Waals surface area contributed by atoms with Crippen molar-refractivity contribution in [2.45, 2.75) is 13.5 Å². The van der Waals surface area contributed by atoms with Gasteiger partial charge < -0.3 is 10.2 Å². The minimum absolute atomic E-state index is 0.122. The minimum Gasteiger partial charge on any atom is -0.343 e. The van der Waals surface area contributed by atoms with Crippen LogP contribution >= 0.6 is 11.3 Å². The van der Waals surface area contributed by atoms with Crippen LogP contribution in [0.3, 0.4) is 0 Å². The van der Waals surface area contributed by atoms with Gasteiger partial charge >= 0.3 is 0 Å². The maximum absolute atomic E-state index is 12.1. The molecule has 0 atom stereocenters. The number of thiophene rings is 1. The number of nitro benzene ring substituents is 1. The molecule has 2 amide bonds. The zero-order chi connectivity index (χ0) is 17.7. The summed E-state index contributed by atoms with van der Waals surface area (Å²) >= 11 is 1.55. The van der Waals surface area contributed by atoms with E-state index in [9.17, 15) is 19.7 Å². The predicted molar refractivity (Wildman–Crippen MR) is 91.0 cm³/mol. The van der Waals surface area contributed by atoms with E-state index in [1.165, 1.54) is 23.1 Å². The van der Waals surface area contributed by atoms with Crippen LogP contribution in [-0.2, 0) is 11.3 Å². The van der Waals surface area contributed by atoms with Gasteiger partial charge in [0.1, 0.15) is 0 Å². The van der Waals surface area contributed by atoms with Crippen LogP contribution in [-0.4, -0.2) is 35.2 Å². The number of carbonyl (C=O) groups is 2. The molecule has 0 saturated carbocycles. The Hall–Kier alpha value is -2.74. The summed E-state index contributed by atoms with van der Waals surface area (Å²) < 4.78 is 0. The van der Waals surface area contributed by atoms with Crippen LogP contribution in [0.2, 0.25) is 0 Å². The first kappa shape index (κ1) is 17.6. The lowest BCUT2D eigenvalue weighted by Crippen LogP contribution is -2.37. The maximum Gasteiger partial charge on any atom is 0.273 e. The number of hydrogen-bond donors (Lipinski definition) is 1. The molecule has 0 aliphatic carbocycles. The van der Waals surface area contributed by atoms with Gasteiger partial charge in [-0.05, 0) is 35.4 Å². The van der Waals surface area contributed by atoms with E-state index in [-0.39, 0.29) is 23.7 Å². The Morgan fingerprint density at radius 2 is 2.08 bits per heavy atom. The maximum atomic E-state index is 12.1. The summed E-state index contributed by atoms with van der Waals surface area (Å²) in [5.41, 5.74) is 1.53. The van der Waals surface area contributed by atoms with Crippen LogP contribution in [0.15, 0.2) is 35.0 Å². The van der Waals surface area contributed by atoms with Gasteiger partial charge in [-0.2, -0.15) is 11.3 Å². The summed E-state index contributed by atoms with van der Waals surface area (Å²) in [6.07, 6.45) is 0. The second kappa shape index (κ2) is 7.69. The Balaban J connectivity index is 1.94. The summed E-state index contributed by atoms with van der Waals surface area (Å²) in [6, 6.07) is 6.15. The average molecular weight is 347 g/mol. The van der Waals surface area contributed by atoms with Crippen molar-refractivity contribution in [1.29, 1.82) is 0 Å². The molecule has 0 saturated heterocycles. The van der Waals surface area contributed by atoms with Gasteiger partial charge in [0.05, 0.1) is 11.5 Å². The van der Waals surface area contributed by atoms with E-state index >= 15 is 0 Å². The SMILES string of the molecule is Cc1ccc(C(=O)NCC(=O)N(C)Cc2ccsc2)cc1[N+](=O)[O-]. The summed E-state index contributed by atoms with van der Waals surface area (Å²) in [6.45, 7) is 1.90. The number of nitrogens with one attached hydrogen (secondary N) is 1. The van der Waals surface area contributed by atoms with Crippen LogP contribution in [0.25, 0.3) is 0 Å². The van der Waals surface area contributed by atoms with Crippen LogP contribution in [0.1, 0.15) is 21.5 Å². The molecule has 0 radical (unpaired) electrons. The Morgan fingerprint density at radius 3 is 2.71 bits per heavy atom. The lowest BCUT2D eigenvalue weighted by molar-refractivity contribution is -0.385. The van der Waals surface area contributed by atoms with Crippen LogP contribution in [0.5, 0.6) is 0 Å². The lowest BCUT2D eigenvalue weighted by Gasteiger charge is -2.16. The molecule has 1 aromatic heterocycles. The largest absolute Gasteiger partial charge is 0.343 e. The zero-order valence-corrected chi connectivity index (χ0v) is 14.1. The van der Waals surface area contributed by atoms with Gasteiger partial charge in [0.15, 0.2) is 0 Å². The number of amides is 2. The Morgan fingerprint density at radius 1 is 1.33 bits per heavy atom. The third-order valence-electron chi connectivity index (χ3n) is 3.49. The molecule has 0 bridgehead atoms. The number of nitrogens with zero attached hydrogens (tertiary/aromatic N) is 2. The molecule has 126 valence electrons. The van der Waals surface area contributed by atoms with Crippen molar-refractivity contribution in [3.63, 3.8) is 0 Å². The smallest absolute Gasteiger partial charge is 0.273 e. The van der Waals surface area contributed by atoms with Gasteiger partial charge in [-0.25, -0.2) is 0 Å². The van der Waals surface area contributed by atoms with Gasteiger partial charge in [0, 0.05) is 30.8 Å². The van der Waals surface area contributed by atoms with Gasteiger partial charge in [0.2, 0.25) is 5.91 Å². The van der Waals surface area contributed by atoms with E-state index in [1.807, 2.05) is 16.8 Å². The van der Waals surface area contributed by atoms with Gasteiger partial charge in [-0.15, -0.1) is 0 Å². The van der Waals surface area contributed by atoms with E-state index in [0.717, 1.165) is 5.56 Å². The molecule has 24 heavy (non-hydrogen) atoms. The van der Waals surface area contributed by atoms with Crippen molar-refractivity contribution >= 4 is 28.8 Å². The minimum atomic E-state index is -0.536. The first-order chi connectivity index (χ1) is 11.4. The molecule has 1 N–H and O–H groups in total. The Kier molecular flexibility index (Phi) is 5.64. The first-order valence-electron chi connectivity index (χ1n) is 7.16. The van der Waals surface area contributed by atoms with Crippen molar-refractivity contribution in [2.75, 3.05) is 13.6 Å². The normalized spacial score (nSPS) is 10.2. The van der Waals surface area contributed by atoms with Gasteiger partial charge in [0.25, 0.3) is 11.6 Å². The van der Waals surface area contributed by atoms with Crippen molar-refractivity contribution < 1.29 is 14.5 Å². The topological polar surface area (TPSA) is 92.6 Å². The molecular weight excluding hydrogens is 330 g/mol. The Bertz CT molecular complexity index is 759. The highest BCUT2D eigenvalue weighted by molar-refractivity contribution is 7.07. The fraction of sp³-hybridized carbons (Fsp3) is 0.250. The standard InChI is InChI=1S/C16H17N3O4S/c1-11-3-4-13(7-14(11)19(22)23)16(21)17-8-15(20)18(2)9-12-5-6-24-10-12/h3-7,10H,8-9H2,1-2H3,(H,17,21). The fourth-order valence-corrected chi connectivity index (χ4v) is 2.74. The van der Waals surface area contributed by atoms with Crippen LogP contribution in [0, 0.1) is 17.0 Å². The molecule has 7 nitrogen and oxygen atoms in total. The number of likely N-dealkylation sites (N-methyl/N-ethyl adjacent to an activating group) is 1. The summed E-state index contributed by atoms with van der Waals surface area (Å²) in [5.74, 6) is -0.758. The molecule has 1 aromatic carbocycles. The second-order valence-electron chi connectivity index (χ2n) is 5.32. The third-order valence-corrected chi connectivity index (χ3v) is 4.23. The number of rotatable bonds is 6. The van der Waals surface area contributed by atoms with Crippen LogP contribution in [0.4, 0.5) is 5.69 Å². The Labute approximate surface area is 143 Å². The highest BCUT2D eigenvalue weighted by Gasteiger charge is 2.16. The monoisotopic (exact) mass is 347 g/mol. The van der Waals surface area contributed by atoms with Gasteiger partial charge in [-0.3, -0.25) is 19.7 Å². The molecule has 0 aliphatic heterocycles. The highest BCUT2D eigenvalue weighted by Crippen LogP contribution is 2.19. The molecular formula is C16H17N3O4S. The first-order valence-corrected chi connectivity index (χ1v) is 8.11. The van der Waals surface area contributed by atoms with E-state index in [0.29, 0.717) is 12.1 Å². The van der Waals surface area contributed by atoms with Crippen molar-refractivity contribution in [3.8, 4) is 0 Å². The molecule has 0 spiro atoms. The molecule has 0 unspecified atom stereocenters. The summed E-state index contributed by atoms with van der Waals surface area (Å²) in [5, 5.41) is 17.3. The summed E-state index contributed by atoms with van der Waals surface area (Å²) in [7, 11) is 1.66. The number of nitro groups is 1. The van der Waals surface area contributed by atoms with Crippen molar-refractivity contribution in [1.82, 2.24) is 10.2 Å². The quantitative estimate of drug-likeness (QED) is 0.641. The molecule has 2 rings (SSSR count). The van der Waals surface area contributed by atoms with Crippen molar-refractivity contribution in [3.05, 3.63) is 61.8 Å². The highest BCUT2D eigenvalue weighted by atomic mass is 32.1. The molecule has 0 fully saturated rings. The van der Waals surface area contributed by atoms with E-state index in [4.69, 9.17) is 0 Å². The molecule has 0 aliphatic rings. The molecule has 2 aromatic rings. The molecule has 1 heterocycles. The summed E-state index contributed by atoms with van der Waals surface area (Å²) in [4.78, 5) is 36.0. The third kappa shape index (κ3) is 4.39. The molecule has 8 heteroatoms. The number of aryl methyl sites for hydroxylation is 1. The van der Waals surface area contributed by atoms with E-state index in [2.05, 4.69) is 5.32 Å². The number of hydrogen-bond acceptors (Lipinski definition) is 5. The number of carbonyl (C=O) groups excluding carboxylic acids is 2. The lowest BCUT2D eigenvalue weighted by atomic mass is 10.1. The second-order valence-corrected chi connectivity index (χ2v) is 6.10. The zero-order valence-electron chi connectivity index (χ0n) is 13.3. The van der Waals surface area contributed by atoms with Crippen molar-refractivity contribution in [2.24, 2.45) is 0 Å².